The number of carbonyl (C=O) groups is 1. The van der Waals surface area contributed by atoms with E-state index in [1.54, 1.807) is 4.68 Å². The highest BCUT2D eigenvalue weighted by atomic mass is 16.2. The van der Waals surface area contributed by atoms with E-state index in [0.717, 1.165) is 37.2 Å². The van der Waals surface area contributed by atoms with Gasteiger partial charge in [-0.25, -0.2) is 4.79 Å². The molecule has 1 N–H and O–H groups in total. The highest BCUT2D eigenvalue weighted by molar-refractivity contribution is 5.74. The van der Waals surface area contributed by atoms with Crippen molar-refractivity contribution in [3.63, 3.8) is 0 Å². The Labute approximate surface area is 165 Å². The highest BCUT2D eigenvalue weighted by Crippen LogP contribution is 2.28. The van der Waals surface area contributed by atoms with E-state index in [0.29, 0.717) is 19.0 Å². The number of nitrogens with zero attached hydrogens (tertiary/aromatic N) is 6. The quantitative estimate of drug-likeness (QED) is 0.877. The van der Waals surface area contributed by atoms with Crippen molar-refractivity contribution in [3.8, 4) is 5.69 Å². The molecule has 2 fully saturated rings. The Kier molecular flexibility index (Phi) is 5.73. The number of hydrogen-bond donors (Lipinski definition) is 1. The van der Waals surface area contributed by atoms with Crippen LogP contribution in [0.2, 0.25) is 0 Å². The van der Waals surface area contributed by atoms with Gasteiger partial charge in [0.25, 0.3) is 0 Å². The Morgan fingerprint density at radius 1 is 1.14 bits per heavy atom. The average molecular weight is 384 g/mol. The molecule has 28 heavy (non-hydrogen) atoms. The average Bonchev–Trinajstić information content (AvgIpc) is 3.23. The summed E-state index contributed by atoms with van der Waals surface area (Å²) in [6.07, 6.45) is 5.09. The van der Waals surface area contributed by atoms with Crippen LogP contribution in [-0.4, -0.2) is 63.9 Å². The van der Waals surface area contributed by atoms with Crippen LogP contribution >= 0.6 is 0 Å². The molecule has 2 amide bonds. The topological polar surface area (TPSA) is 79.2 Å². The van der Waals surface area contributed by atoms with E-state index in [4.69, 9.17) is 0 Å². The number of piperazine rings is 1. The fourth-order valence-electron chi connectivity index (χ4n) is 4.31. The summed E-state index contributed by atoms with van der Waals surface area (Å²) in [6, 6.07) is 9.93. The summed E-state index contributed by atoms with van der Waals surface area (Å²) in [4.78, 5) is 16.6. The lowest BCUT2D eigenvalue weighted by Gasteiger charge is -2.35. The highest BCUT2D eigenvalue weighted by Gasteiger charge is 2.26. The number of rotatable bonds is 4. The second kappa shape index (κ2) is 8.58. The molecule has 1 saturated heterocycles. The van der Waals surface area contributed by atoms with Gasteiger partial charge in [-0.3, -0.25) is 0 Å². The van der Waals surface area contributed by atoms with Gasteiger partial charge in [0.15, 0.2) is 0 Å². The lowest BCUT2D eigenvalue weighted by atomic mass is 9.82. The molecular formula is C20H29N7O. The van der Waals surface area contributed by atoms with Crippen molar-refractivity contribution in [2.24, 2.45) is 11.8 Å². The molecule has 1 aromatic heterocycles. The Balaban J connectivity index is 1.29. The Morgan fingerprint density at radius 2 is 1.93 bits per heavy atom. The van der Waals surface area contributed by atoms with Gasteiger partial charge in [-0.1, -0.05) is 43.1 Å². The first-order valence-corrected chi connectivity index (χ1v) is 10.3. The maximum atomic E-state index is 12.6. The van der Waals surface area contributed by atoms with Gasteiger partial charge in [0.2, 0.25) is 5.95 Å². The maximum absolute atomic E-state index is 12.6. The summed E-state index contributed by atoms with van der Waals surface area (Å²) in [7, 11) is 0. The van der Waals surface area contributed by atoms with Crippen LogP contribution in [-0.2, 0) is 0 Å². The van der Waals surface area contributed by atoms with E-state index in [1.165, 1.54) is 25.7 Å². The second-order valence-electron chi connectivity index (χ2n) is 8.02. The number of nitrogens with one attached hydrogen (secondary N) is 1. The van der Waals surface area contributed by atoms with Crippen molar-refractivity contribution in [1.29, 1.82) is 0 Å². The van der Waals surface area contributed by atoms with Gasteiger partial charge in [0, 0.05) is 32.7 Å². The zero-order valence-electron chi connectivity index (χ0n) is 16.5. The maximum Gasteiger partial charge on any atom is 0.317 e. The molecule has 0 bridgehead atoms. The van der Waals surface area contributed by atoms with Crippen molar-refractivity contribution in [1.82, 2.24) is 30.4 Å². The van der Waals surface area contributed by atoms with Crippen molar-refractivity contribution in [2.45, 2.75) is 32.6 Å². The van der Waals surface area contributed by atoms with Gasteiger partial charge in [-0.2, -0.15) is 4.68 Å². The van der Waals surface area contributed by atoms with Crippen molar-refractivity contribution in [2.75, 3.05) is 37.6 Å². The van der Waals surface area contributed by atoms with E-state index >= 15 is 0 Å². The molecule has 150 valence electrons. The lowest BCUT2D eigenvalue weighted by Crippen LogP contribution is -2.53. The van der Waals surface area contributed by atoms with Gasteiger partial charge in [0.05, 0.1) is 5.69 Å². The molecule has 2 heterocycles. The molecule has 1 aromatic carbocycles. The first-order chi connectivity index (χ1) is 13.7. The summed E-state index contributed by atoms with van der Waals surface area (Å²) >= 11 is 0. The fraction of sp³-hybridized carbons (Fsp3) is 0.600. The van der Waals surface area contributed by atoms with Gasteiger partial charge >= 0.3 is 6.03 Å². The number of carbonyl (C=O) groups excluding carboxylic acids is 1. The molecule has 2 aliphatic rings. The number of aromatic nitrogens is 4. The molecule has 2 aromatic rings. The predicted molar refractivity (Wildman–Crippen MR) is 107 cm³/mol. The van der Waals surface area contributed by atoms with Gasteiger partial charge < -0.3 is 15.1 Å². The summed E-state index contributed by atoms with van der Waals surface area (Å²) in [5.41, 5.74) is 0.935. The third kappa shape index (κ3) is 4.26. The largest absolute Gasteiger partial charge is 0.338 e. The van der Waals surface area contributed by atoms with Crippen LogP contribution in [0.25, 0.3) is 5.69 Å². The number of para-hydroxylation sites is 1. The van der Waals surface area contributed by atoms with Crippen LogP contribution in [0.3, 0.4) is 0 Å². The zero-order valence-corrected chi connectivity index (χ0v) is 16.5. The van der Waals surface area contributed by atoms with Crippen LogP contribution in [0.15, 0.2) is 30.3 Å². The summed E-state index contributed by atoms with van der Waals surface area (Å²) in [5, 5.41) is 15.3. The van der Waals surface area contributed by atoms with Gasteiger partial charge in [-0.05, 0) is 47.2 Å². The molecular weight excluding hydrogens is 354 g/mol. The lowest BCUT2D eigenvalue weighted by molar-refractivity contribution is 0.188. The summed E-state index contributed by atoms with van der Waals surface area (Å²) < 4.78 is 1.75. The minimum Gasteiger partial charge on any atom is -0.338 e. The number of amides is 2. The van der Waals surface area contributed by atoms with E-state index in [-0.39, 0.29) is 6.03 Å². The number of benzene rings is 1. The van der Waals surface area contributed by atoms with Gasteiger partial charge in [-0.15, -0.1) is 0 Å². The molecule has 2 atom stereocenters. The normalized spacial score (nSPS) is 22.9. The van der Waals surface area contributed by atoms with Crippen LogP contribution in [0.4, 0.5) is 10.7 Å². The number of anilines is 1. The SMILES string of the molecule is CC1CCCC(CNC(=O)N2CCN(c3nnnn3-c3ccccc3)CC2)C1. The number of hydrogen-bond acceptors (Lipinski definition) is 5. The monoisotopic (exact) mass is 383 g/mol. The molecule has 2 unspecified atom stereocenters. The van der Waals surface area contributed by atoms with Crippen LogP contribution in [0, 0.1) is 11.8 Å². The van der Waals surface area contributed by atoms with Crippen LogP contribution < -0.4 is 10.2 Å². The van der Waals surface area contributed by atoms with Crippen molar-refractivity contribution < 1.29 is 4.79 Å². The first kappa shape index (κ1) is 18.7. The molecule has 4 rings (SSSR count). The second-order valence-corrected chi connectivity index (χ2v) is 8.02. The van der Waals surface area contributed by atoms with Crippen molar-refractivity contribution >= 4 is 12.0 Å². The van der Waals surface area contributed by atoms with E-state index in [9.17, 15) is 4.79 Å². The molecule has 0 radical (unpaired) electrons. The van der Waals surface area contributed by atoms with Crippen molar-refractivity contribution in [3.05, 3.63) is 30.3 Å². The molecule has 0 spiro atoms. The summed E-state index contributed by atoms with van der Waals surface area (Å²) in [5.74, 6) is 2.14. The molecule has 1 aliphatic heterocycles. The van der Waals surface area contributed by atoms with Gasteiger partial charge in [0.1, 0.15) is 0 Å². The Bertz CT molecular complexity index is 770. The Hall–Kier alpha value is -2.64. The third-order valence-electron chi connectivity index (χ3n) is 5.89. The minimum atomic E-state index is 0.0560. The molecule has 1 aliphatic carbocycles. The Morgan fingerprint density at radius 3 is 2.68 bits per heavy atom. The number of urea groups is 1. The van der Waals surface area contributed by atoms with E-state index in [1.807, 2.05) is 35.2 Å². The first-order valence-electron chi connectivity index (χ1n) is 10.3. The minimum absolute atomic E-state index is 0.0560. The van der Waals surface area contributed by atoms with Crippen LogP contribution in [0.5, 0.6) is 0 Å². The summed E-state index contributed by atoms with van der Waals surface area (Å²) in [6.45, 7) is 5.91. The molecule has 8 nitrogen and oxygen atoms in total. The molecule has 1 saturated carbocycles. The third-order valence-corrected chi connectivity index (χ3v) is 5.89. The predicted octanol–water partition coefficient (Wildman–Crippen LogP) is 2.32. The van der Waals surface area contributed by atoms with E-state index < -0.39 is 0 Å². The standard InChI is InChI=1S/C20H29N7O/c1-16-6-5-7-17(14-16)15-21-20(28)26-12-10-25(11-13-26)19-22-23-24-27(19)18-8-3-2-4-9-18/h2-4,8-9,16-17H,5-7,10-15H2,1H3,(H,21,28). The fourth-order valence-corrected chi connectivity index (χ4v) is 4.31. The smallest absolute Gasteiger partial charge is 0.317 e. The van der Waals surface area contributed by atoms with Crippen LogP contribution in [0.1, 0.15) is 32.6 Å². The molecule has 8 heteroatoms. The zero-order chi connectivity index (χ0) is 19.3. The number of tetrazole rings is 1. The van der Waals surface area contributed by atoms with E-state index in [2.05, 4.69) is 32.7 Å².